The zero-order valence-corrected chi connectivity index (χ0v) is 14.9. The second kappa shape index (κ2) is 7.82. The molecule has 1 N–H and O–H groups in total. The van der Waals surface area contributed by atoms with Crippen molar-refractivity contribution in [3.05, 3.63) is 23.9 Å². The second-order valence-corrected chi connectivity index (χ2v) is 6.61. The van der Waals surface area contributed by atoms with E-state index in [2.05, 4.69) is 20.1 Å². The number of pyridine rings is 1. The molecule has 2 heterocycles. The third-order valence-electron chi connectivity index (χ3n) is 4.75. The fourth-order valence-corrected chi connectivity index (χ4v) is 2.96. The Morgan fingerprint density at radius 2 is 2.00 bits per heavy atom. The van der Waals surface area contributed by atoms with Crippen molar-refractivity contribution in [2.75, 3.05) is 37.7 Å². The van der Waals surface area contributed by atoms with Crippen LogP contribution in [-0.4, -0.2) is 66.6 Å². The van der Waals surface area contributed by atoms with Crippen LogP contribution in [0.15, 0.2) is 18.3 Å². The number of esters is 1. The zero-order chi connectivity index (χ0) is 17.8. The maximum absolute atomic E-state index is 12.2. The van der Waals surface area contributed by atoms with Gasteiger partial charge < -0.3 is 15.0 Å². The van der Waals surface area contributed by atoms with Crippen LogP contribution in [0.25, 0.3) is 0 Å². The molecule has 1 amide bonds. The summed E-state index contributed by atoms with van der Waals surface area (Å²) in [6.07, 6.45) is 3.78. The molecule has 1 saturated carbocycles. The summed E-state index contributed by atoms with van der Waals surface area (Å²) in [7, 11) is 0. The first-order valence-corrected chi connectivity index (χ1v) is 9.01. The van der Waals surface area contributed by atoms with Crippen LogP contribution in [-0.2, 0) is 9.53 Å². The molecule has 7 heteroatoms. The third-order valence-corrected chi connectivity index (χ3v) is 4.75. The molecule has 2 fully saturated rings. The van der Waals surface area contributed by atoms with Crippen LogP contribution in [0.4, 0.5) is 5.82 Å². The number of rotatable bonds is 6. The average molecular weight is 346 g/mol. The predicted octanol–water partition coefficient (Wildman–Crippen LogP) is 1.05. The Kier molecular flexibility index (Phi) is 5.53. The zero-order valence-electron chi connectivity index (χ0n) is 14.9. The second-order valence-electron chi connectivity index (χ2n) is 6.61. The van der Waals surface area contributed by atoms with E-state index in [4.69, 9.17) is 4.74 Å². The Bertz CT molecular complexity index is 607. The number of hydrogen-bond donors (Lipinski definition) is 1. The van der Waals surface area contributed by atoms with Crippen molar-refractivity contribution in [3.8, 4) is 0 Å². The van der Waals surface area contributed by atoms with E-state index in [0.717, 1.165) is 44.8 Å². The number of nitrogens with zero attached hydrogens (tertiary/aromatic N) is 3. The molecule has 1 unspecified atom stereocenters. The minimum Gasteiger partial charge on any atom is -0.462 e. The fraction of sp³-hybridized carbons (Fsp3) is 0.611. The monoisotopic (exact) mass is 346 g/mol. The molecule has 1 atom stereocenters. The molecule has 1 aliphatic carbocycles. The smallest absolute Gasteiger partial charge is 0.339 e. The highest BCUT2D eigenvalue weighted by Crippen LogP contribution is 2.20. The van der Waals surface area contributed by atoms with Crippen molar-refractivity contribution < 1.29 is 14.3 Å². The molecule has 0 spiro atoms. The number of aromatic nitrogens is 1. The first-order chi connectivity index (χ1) is 12.1. The lowest BCUT2D eigenvalue weighted by Crippen LogP contribution is -2.54. The van der Waals surface area contributed by atoms with E-state index < -0.39 is 0 Å². The van der Waals surface area contributed by atoms with Gasteiger partial charge in [-0.3, -0.25) is 9.69 Å². The minimum atomic E-state index is -0.345. The summed E-state index contributed by atoms with van der Waals surface area (Å²) < 4.78 is 4.97. The summed E-state index contributed by atoms with van der Waals surface area (Å²) in [5.41, 5.74) is 0.467. The number of hydrogen-bond acceptors (Lipinski definition) is 6. The molecule has 0 bridgehead atoms. The van der Waals surface area contributed by atoms with Crippen molar-refractivity contribution in [1.82, 2.24) is 15.2 Å². The van der Waals surface area contributed by atoms with Gasteiger partial charge in [-0.25, -0.2) is 9.78 Å². The molecule has 0 radical (unpaired) electrons. The van der Waals surface area contributed by atoms with Gasteiger partial charge in [0.1, 0.15) is 5.82 Å². The van der Waals surface area contributed by atoms with E-state index >= 15 is 0 Å². The molecule has 136 valence electrons. The van der Waals surface area contributed by atoms with E-state index in [0.29, 0.717) is 18.2 Å². The summed E-state index contributed by atoms with van der Waals surface area (Å²) >= 11 is 0. The molecule has 3 rings (SSSR count). The van der Waals surface area contributed by atoms with Gasteiger partial charge in [0.15, 0.2) is 0 Å². The van der Waals surface area contributed by atoms with Crippen molar-refractivity contribution in [2.24, 2.45) is 0 Å². The topological polar surface area (TPSA) is 74.8 Å². The molecule has 1 aliphatic heterocycles. The molecule has 1 saturated heterocycles. The first kappa shape index (κ1) is 17.7. The molecular formula is C18H26N4O3. The number of piperazine rings is 1. The van der Waals surface area contributed by atoms with Crippen LogP contribution in [0, 0.1) is 0 Å². The highest BCUT2D eigenvalue weighted by molar-refractivity contribution is 5.89. The van der Waals surface area contributed by atoms with Crippen LogP contribution < -0.4 is 10.2 Å². The average Bonchev–Trinajstić information content (AvgIpc) is 3.45. The molecule has 0 aromatic carbocycles. The summed E-state index contributed by atoms with van der Waals surface area (Å²) in [6, 6.07) is 3.91. The number of anilines is 1. The van der Waals surface area contributed by atoms with Crippen LogP contribution in [0.3, 0.4) is 0 Å². The summed E-state index contributed by atoms with van der Waals surface area (Å²) in [5, 5.41) is 3.07. The molecular weight excluding hydrogens is 320 g/mol. The van der Waals surface area contributed by atoms with Gasteiger partial charge in [0.25, 0.3) is 0 Å². The van der Waals surface area contributed by atoms with E-state index in [1.807, 2.05) is 13.0 Å². The largest absolute Gasteiger partial charge is 0.462 e. The first-order valence-electron chi connectivity index (χ1n) is 9.01. The summed E-state index contributed by atoms with van der Waals surface area (Å²) in [6.45, 7) is 7.38. The van der Waals surface area contributed by atoms with Gasteiger partial charge in [0.2, 0.25) is 5.91 Å². The lowest BCUT2D eigenvalue weighted by Gasteiger charge is -2.38. The van der Waals surface area contributed by atoms with Gasteiger partial charge in [-0.15, -0.1) is 0 Å². The molecule has 7 nitrogen and oxygen atoms in total. The number of ether oxygens (including phenoxy) is 1. The molecule has 25 heavy (non-hydrogen) atoms. The number of carbonyl (C=O) groups is 2. The van der Waals surface area contributed by atoms with Gasteiger partial charge in [-0.2, -0.15) is 0 Å². The lowest BCUT2D eigenvalue weighted by molar-refractivity contribution is -0.126. The van der Waals surface area contributed by atoms with Crippen LogP contribution in [0.5, 0.6) is 0 Å². The maximum Gasteiger partial charge on any atom is 0.339 e. The van der Waals surface area contributed by atoms with Crippen molar-refractivity contribution in [2.45, 2.75) is 38.8 Å². The Morgan fingerprint density at radius 1 is 1.28 bits per heavy atom. The van der Waals surface area contributed by atoms with E-state index in [1.165, 1.54) is 0 Å². The van der Waals surface area contributed by atoms with Crippen molar-refractivity contribution in [3.63, 3.8) is 0 Å². The fourth-order valence-electron chi connectivity index (χ4n) is 2.96. The van der Waals surface area contributed by atoms with Gasteiger partial charge in [-0.1, -0.05) is 0 Å². The predicted molar refractivity (Wildman–Crippen MR) is 94.6 cm³/mol. The molecule has 1 aromatic heterocycles. The van der Waals surface area contributed by atoms with Gasteiger partial charge in [0.05, 0.1) is 18.2 Å². The Morgan fingerprint density at radius 3 is 2.56 bits per heavy atom. The normalized spacial score (nSPS) is 19.4. The lowest BCUT2D eigenvalue weighted by atomic mass is 10.2. The molecule has 2 aliphatic rings. The highest BCUT2D eigenvalue weighted by atomic mass is 16.5. The number of nitrogens with one attached hydrogen (secondary N) is 1. The Hall–Kier alpha value is -2.15. The van der Waals surface area contributed by atoms with Crippen LogP contribution in [0.1, 0.15) is 37.0 Å². The van der Waals surface area contributed by atoms with Gasteiger partial charge >= 0.3 is 5.97 Å². The number of carbonyl (C=O) groups excluding carboxylic acids is 2. The standard InChI is InChI=1S/C18H26N4O3/c1-3-25-18(24)14-4-7-16(19-12-14)22-10-8-21(9-11-22)13(2)17(23)20-15-5-6-15/h4,7,12-13,15H,3,5-6,8-11H2,1-2H3,(H,20,23). The summed E-state index contributed by atoms with van der Waals surface area (Å²) in [4.78, 5) is 32.6. The van der Waals surface area contributed by atoms with E-state index in [-0.39, 0.29) is 17.9 Å². The van der Waals surface area contributed by atoms with Crippen LogP contribution in [0.2, 0.25) is 0 Å². The maximum atomic E-state index is 12.2. The van der Waals surface area contributed by atoms with Crippen LogP contribution >= 0.6 is 0 Å². The van der Waals surface area contributed by atoms with Gasteiger partial charge in [-0.05, 0) is 38.8 Å². The molecule has 1 aromatic rings. The highest BCUT2D eigenvalue weighted by Gasteiger charge is 2.30. The third kappa shape index (κ3) is 4.48. The quantitative estimate of drug-likeness (QED) is 0.776. The Labute approximate surface area is 148 Å². The minimum absolute atomic E-state index is 0.0955. The SMILES string of the molecule is CCOC(=O)c1ccc(N2CCN(C(C)C(=O)NC3CC3)CC2)nc1. The van der Waals surface area contributed by atoms with Crippen molar-refractivity contribution >= 4 is 17.7 Å². The number of amides is 1. The Balaban J connectivity index is 1.51. The van der Waals surface area contributed by atoms with E-state index in [9.17, 15) is 9.59 Å². The summed E-state index contributed by atoms with van der Waals surface area (Å²) in [5.74, 6) is 0.637. The van der Waals surface area contributed by atoms with Crippen molar-refractivity contribution in [1.29, 1.82) is 0 Å². The van der Waals surface area contributed by atoms with E-state index in [1.54, 1.807) is 19.2 Å². The van der Waals surface area contributed by atoms with Gasteiger partial charge in [0, 0.05) is 38.4 Å².